The lowest BCUT2D eigenvalue weighted by molar-refractivity contribution is -0.385. The molecule has 39 heavy (non-hydrogen) atoms. The third-order valence-electron chi connectivity index (χ3n) is 5.11. The zero-order chi connectivity index (χ0) is 27.8. The molecule has 3 aromatic carbocycles. The van der Waals surface area contributed by atoms with E-state index in [9.17, 15) is 20.2 Å². The number of nitrogens with zero attached hydrogens (tertiary/aromatic N) is 6. The van der Waals surface area contributed by atoms with E-state index in [-0.39, 0.29) is 29.2 Å². The van der Waals surface area contributed by atoms with Crippen molar-refractivity contribution in [2.24, 2.45) is 5.10 Å². The van der Waals surface area contributed by atoms with Crippen LogP contribution in [0.2, 0.25) is 0 Å². The van der Waals surface area contributed by atoms with Gasteiger partial charge in [0.05, 0.1) is 30.3 Å². The van der Waals surface area contributed by atoms with Gasteiger partial charge in [0.2, 0.25) is 17.8 Å². The Bertz CT molecular complexity index is 1510. The van der Waals surface area contributed by atoms with E-state index in [0.717, 1.165) is 0 Å². The highest BCUT2D eigenvalue weighted by molar-refractivity contribution is 5.85. The predicted molar refractivity (Wildman–Crippen MR) is 143 cm³/mol. The fourth-order valence-electron chi connectivity index (χ4n) is 3.23. The average Bonchev–Trinajstić information content (AvgIpc) is 2.93. The Kier molecular flexibility index (Phi) is 8.01. The standard InChI is InChI=1S/C24H21N9O6/c1-38-20-10-5-17(6-11-20)27-23-28-22(26-16-3-7-18(8-4-16)32(34)35)29-24(30-23)31-25-14-15-13-19(33(36)37)9-12-21(15)39-2/h3-14H,1-2H3,(H3,26,27,28,29,30,31)/b25-14-. The summed E-state index contributed by atoms with van der Waals surface area (Å²) in [6.45, 7) is 0. The summed E-state index contributed by atoms with van der Waals surface area (Å²) in [6, 6.07) is 16.9. The number of nitrogens with one attached hydrogen (secondary N) is 3. The topological polar surface area (TPSA) is 192 Å². The summed E-state index contributed by atoms with van der Waals surface area (Å²) in [6.07, 6.45) is 1.33. The molecule has 0 saturated carbocycles. The number of ether oxygens (including phenoxy) is 2. The molecule has 1 heterocycles. The second-order valence-electron chi connectivity index (χ2n) is 7.64. The van der Waals surface area contributed by atoms with Gasteiger partial charge in [0.1, 0.15) is 11.5 Å². The van der Waals surface area contributed by atoms with Gasteiger partial charge in [-0.2, -0.15) is 20.1 Å². The molecular formula is C24H21N9O6. The summed E-state index contributed by atoms with van der Waals surface area (Å²) in [5, 5.41) is 32.2. The number of nitro groups is 2. The first-order valence-corrected chi connectivity index (χ1v) is 11.1. The Morgan fingerprint density at radius 2 is 1.28 bits per heavy atom. The maximum absolute atomic E-state index is 11.1. The zero-order valence-corrected chi connectivity index (χ0v) is 20.6. The van der Waals surface area contributed by atoms with Crippen LogP contribution >= 0.6 is 0 Å². The van der Waals surface area contributed by atoms with Crippen molar-refractivity contribution in [1.82, 2.24) is 15.0 Å². The first-order valence-electron chi connectivity index (χ1n) is 11.1. The van der Waals surface area contributed by atoms with Crippen molar-refractivity contribution in [2.75, 3.05) is 30.3 Å². The summed E-state index contributed by atoms with van der Waals surface area (Å²) < 4.78 is 10.4. The molecule has 15 heteroatoms. The Labute approximate surface area is 220 Å². The Balaban J connectivity index is 1.61. The summed E-state index contributed by atoms with van der Waals surface area (Å²) >= 11 is 0. The van der Waals surface area contributed by atoms with Gasteiger partial charge < -0.3 is 20.1 Å². The van der Waals surface area contributed by atoms with Crippen LogP contribution < -0.4 is 25.5 Å². The minimum Gasteiger partial charge on any atom is -0.497 e. The first kappa shape index (κ1) is 26.2. The largest absolute Gasteiger partial charge is 0.497 e. The van der Waals surface area contributed by atoms with Gasteiger partial charge in [0, 0.05) is 41.2 Å². The van der Waals surface area contributed by atoms with Crippen molar-refractivity contribution in [2.45, 2.75) is 0 Å². The van der Waals surface area contributed by atoms with Gasteiger partial charge in [-0.3, -0.25) is 20.2 Å². The smallest absolute Gasteiger partial charge is 0.270 e. The molecule has 15 nitrogen and oxygen atoms in total. The molecule has 0 aliphatic rings. The first-order chi connectivity index (χ1) is 18.8. The van der Waals surface area contributed by atoms with Crippen LogP contribution in [0.3, 0.4) is 0 Å². The fraction of sp³-hybridized carbons (Fsp3) is 0.0833. The van der Waals surface area contributed by atoms with Crippen molar-refractivity contribution >= 4 is 46.8 Å². The molecule has 4 rings (SSSR count). The molecule has 198 valence electrons. The Hall–Kier alpha value is -5.86. The number of rotatable bonds is 11. The van der Waals surface area contributed by atoms with Crippen molar-refractivity contribution in [1.29, 1.82) is 0 Å². The highest BCUT2D eigenvalue weighted by Crippen LogP contribution is 2.24. The molecule has 0 saturated heterocycles. The zero-order valence-electron chi connectivity index (χ0n) is 20.6. The van der Waals surface area contributed by atoms with Crippen LogP contribution in [0.15, 0.2) is 71.8 Å². The van der Waals surface area contributed by atoms with E-state index in [0.29, 0.717) is 28.4 Å². The average molecular weight is 531 g/mol. The number of nitro benzene ring substituents is 2. The minimum atomic E-state index is -0.524. The van der Waals surface area contributed by atoms with Gasteiger partial charge >= 0.3 is 0 Å². The summed E-state index contributed by atoms with van der Waals surface area (Å²) in [5.41, 5.74) is 4.01. The predicted octanol–water partition coefficient (Wildman–Crippen LogP) is 4.64. The minimum absolute atomic E-state index is 0.0334. The number of aromatic nitrogens is 3. The molecule has 0 spiro atoms. The molecule has 0 bridgehead atoms. The van der Waals surface area contributed by atoms with Gasteiger partial charge in [0.15, 0.2) is 0 Å². The van der Waals surface area contributed by atoms with E-state index < -0.39 is 9.85 Å². The summed E-state index contributed by atoms with van der Waals surface area (Å²) in [4.78, 5) is 34.0. The van der Waals surface area contributed by atoms with Crippen LogP contribution in [-0.4, -0.2) is 45.2 Å². The molecule has 0 fully saturated rings. The fourth-order valence-corrected chi connectivity index (χ4v) is 3.23. The second kappa shape index (κ2) is 11.9. The van der Waals surface area contributed by atoms with Crippen molar-refractivity contribution in [3.8, 4) is 11.5 Å². The molecular weight excluding hydrogens is 510 g/mol. The van der Waals surface area contributed by atoms with E-state index in [2.05, 4.69) is 36.1 Å². The Morgan fingerprint density at radius 3 is 1.82 bits per heavy atom. The molecule has 0 aliphatic carbocycles. The van der Waals surface area contributed by atoms with Gasteiger partial charge in [-0.05, 0) is 42.5 Å². The van der Waals surface area contributed by atoms with Crippen LogP contribution in [0.5, 0.6) is 11.5 Å². The highest BCUT2D eigenvalue weighted by Gasteiger charge is 2.12. The summed E-state index contributed by atoms with van der Waals surface area (Å²) in [7, 11) is 3.00. The molecule has 1 aromatic heterocycles. The Morgan fingerprint density at radius 1 is 0.744 bits per heavy atom. The lowest BCUT2D eigenvalue weighted by Gasteiger charge is -2.10. The third-order valence-corrected chi connectivity index (χ3v) is 5.11. The highest BCUT2D eigenvalue weighted by atomic mass is 16.6. The molecule has 0 radical (unpaired) electrons. The van der Waals surface area contributed by atoms with Crippen molar-refractivity contribution in [3.63, 3.8) is 0 Å². The van der Waals surface area contributed by atoms with E-state index in [1.807, 2.05) is 0 Å². The second-order valence-corrected chi connectivity index (χ2v) is 7.64. The van der Waals surface area contributed by atoms with Crippen LogP contribution in [0.4, 0.5) is 40.6 Å². The number of methoxy groups -OCH3 is 2. The number of non-ortho nitro benzene ring substituents is 2. The van der Waals surface area contributed by atoms with Gasteiger partial charge in [-0.1, -0.05) is 0 Å². The SMILES string of the molecule is COc1ccc(Nc2nc(N/N=C\c3cc([N+](=O)[O-])ccc3OC)nc(Nc3ccc([N+](=O)[O-])cc3)n2)cc1. The number of hydrogen-bond donors (Lipinski definition) is 3. The van der Waals surface area contributed by atoms with Crippen LogP contribution in [0.25, 0.3) is 0 Å². The maximum Gasteiger partial charge on any atom is 0.270 e. The van der Waals surface area contributed by atoms with E-state index in [1.165, 1.54) is 55.8 Å². The van der Waals surface area contributed by atoms with Crippen LogP contribution in [-0.2, 0) is 0 Å². The van der Waals surface area contributed by atoms with Gasteiger partial charge in [-0.25, -0.2) is 5.43 Å². The van der Waals surface area contributed by atoms with Gasteiger partial charge in [-0.15, -0.1) is 0 Å². The van der Waals surface area contributed by atoms with E-state index >= 15 is 0 Å². The van der Waals surface area contributed by atoms with Crippen molar-refractivity contribution in [3.05, 3.63) is 92.5 Å². The molecule has 0 unspecified atom stereocenters. The maximum atomic E-state index is 11.1. The molecule has 0 amide bonds. The number of anilines is 5. The quantitative estimate of drug-likeness (QED) is 0.138. The molecule has 3 N–H and O–H groups in total. The summed E-state index contributed by atoms with van der Waals surface area (Å²) in [5.74, 6) is 1.35. The molecule has 0 aliphatic heterocycles. The number of hydrogen-bond acceptors (Lipinski definition) is 13. The van der Waals surface area contributed by atoms with Crippen molar-refractivity contribution < 1.29 is 19.3 Å². The third kappa shape index (κ3) is 6.88. The lowest BCUT2D eigenvalue weighted by atomic mass is 10.2. The van der Waals surface area contributed by atoms with Crippen LogP contribution in [0, 0.1) is 20.2 Å². The molecule has 4 aromatic rings. The van der Waals surface area contributed by atoms with E-state index in [1.54, 1.807) is 31.4 Å². The lowest BCUT2D eigenvalue weighted by Crippen LogP contribution is -2.07. The monoisotopic (exact) mass is 531 g/mol. The van der Waals surface area contributed by atoms with Crippen LogP contribution in [0.1, 0.15) is 5.56 Å². The number of benzene rings is 3. The molecule has 0 atom stereocenters. The normalized spacial score (nSPS) is 10.6. The number of hydrazone groups is 1. The van der Waals surface area contributed by atoms with Gasteiger partial charge in [0.25, 0.3) is 11.4 Å². The van der Waals surface area contributed by atoms with E-state index in [4.69, 9.17) is 9.47 Å².